The minimum atomic E-state index is -1.69. The molecule has 0 amide bonds. The van der Waals surface area contributed by atoms with Gasteiger partial charge in [-0.3, -0.25) is 0 Å². The summed E-state index contributed by atoms with van der Waals surface area (Å²) in [5.74, 6) is 0. The Hall–Kier alpha value is 1.26. The van der Waals surface area contributed by atoms with E-state index in [1.165, 1.54) is 22.3 Å². The molecule has 0 aromatic heterocycles. The van der Waals surface area contributed by atoms with Gasteiger partial charge in [0.05, 0.1) is 0 Å². The second-order valence-corrected chi connectivity index (χ2v) is 24.6. The molecule has 1 rings (SSSR count). The molecule has 0 atom stereocenters. The summed E-state index contributed by atoms with van der Waals surface area (Å²) in [6.07, 6.45) is 0. The summed E-state index contributed by atoms with van der Waals surface area (Å²) >= 11 is 0. The normalized spacial score (nSPS) is 12.5. The first kappa shape index (κ1) is 33.9. The van der Waals surface area contributed by atoms with Crippen LogP contribution in [0.4, 0.5) is 0 Å². The average molecular weight is 575 g/mol. The molecule has 0 aliphatic rings. The Morgan fingerprint density at radius 2 is 1.11 bits per heavy atom. The number of hydrogen-bond acceptors (Lipinski definition) is 0. The Kier molecular flexibility index (Phi) is 14.2. The van der Waals surface area contributed by atoms with Gasteiger partial charge in [0.2, 0.25) is 0 Å². The summed E-state index contributed by atoms with van der Waals surface area (Å²) in [7, 11) is -3.90. The van der Waals surface area contributed by atoms with Gasteiger partial charge in [-0.15, -0.1) is 13.8 Å². The summed E-state index contributed by atoms with van der Waals surface area (Å²) in [6, 6.07) is 0. The molecule has 1 aromatic carbocycles. The van der Waals surface area contributed by atoms with E-state index < -0.39 is 24.7 Å². The minimum Gasteiger partial charge on any atom is -0.668 e. The van der Waals surface area contributed by atoms with Crippen LogP contribution in [0.3, 0.4) is 0 Å². The van der Waals surface area contributed by atoms with Crippen molar-refractivity contribution < 1.29 is 40.4 Å². The van der Waals surface area contributed by atoms with Crippen LogP contribution in [0, 0.1) is 75.5 Å². The van der Waals surface area contributed by atoms with Gasteiger partial charge in [0.1, 0.15) is 0 Å². The largest absolute Gasteiger partial charge is 0.668 e. The Balaban J connectivity index is -0.000000492. The van der Waals surface area contributed by atoms with Gasteiger partial charge in [0.25, 0.3) is 0 Å². The molecule has 0 fully saturated rings. The molecule has 0 saturated carbocycles. The van der Waals surface area contributed by atoms with Crippen LogP contribution in [0.1, 0.15) is 43.0 Å². The fourth-order valence-electron chi connectivity index (χ4n) is 4.04. The summed E-state index contributed by atoms with van der Waals surface area (Å²) in [5, 5.41) is 1.56. The second-order valence-electron chi connectivity index (χ2n) is 11.2. The van der Waals surface area contributed by atoms with Crippen LogP contribution >= 0.6 is 0 Å². The molecule has 0 bridgehead atoms. The summed E-state index contributed by atoms with van der Waals surface area (Å²) in [6.45, 7) is 34.1. The van der Waals surface area contributed by atoms with E-state index in [9.17, 15) is 0 Å². The minimum absolute atomic E-state index is 0. The molecule has 0 N–H and O–H groups in total. The Morgan fingerprint density at radius 1 is 0.750 bits per heavy atom. The van der Waals surface area contributed by atoms with Crippen LogP contribution < -0.4 is 5.19 Å². The van der Waals surface area contributed by atoms with E-state index in [1.54, 1.807) is 5.19 Å². The van der Waals surface area contributed by atoms with Crippen molar-refractivity contribution in [1.82, 2.24) is 0 Å². The molecule has 0 aliphatic heterocycles. The summed E-state index contributed by atoms with van der Waals surface area (Å²) in [5.41, 5.74) is 5.94. The smallest absolute Gasteiger partial charge is 0 e. The standard InChI is InChI=1S/C15H27NSi.C6H18NSi2.CH3.Sm/c1-10-11(2)13(4)14(12(10)3)17(8,9)16-15(5,6)7;1-8(2,3)7-9(4,5)6;;/h1-9H3;1-6H3;1H3;/q-2;2*-1;. The molecule has 0 heterocycles. The van der Waals surface area contributed by atoms with E-state index in [1.807, 2.05) is 0 Å². The zero-order chi connectivity index (χ0) is 21.3. The Labute approximate surface area is 214 Å². The molecule has 1 aromatic rings. The molecule has 2 nitrogen and oxygen atoms in total. The third kappa shape index (κ3) is 12.2. The van der Waals surface area contributed by atoms with Crippen LogP contribution in [-0.2, 0) is 0 Å². The Bertz CT molecular complexity index is 564. The first-order valence-corrected chi connectivity index (χ1v) is 19.7. The second kappa shape index (κ2) is 11.8. The van der Waals surface area contributed by atoms with Crippen LogP contribution in [0.15, 0.2) is 0 Å². The van der Waals surface area contributed by atoms with Gasteiger partial charge in [-0.05, 0) is 0 Å². The van der Waals surface area contributed by atoms with E-state index >= 15 is 0 Å². The van der Waals surface area contributed by atoms with Crippen LogP contribution in [0.2, 0.25) is 52.4 Å². The van der Waals surface area contributed by atoms with E-state index in [2.05, 4.69) is 101 Å². The van der Waals surface area contributed by atoms with Crippen LogP contribution in [0.5, 0.6) is 0 Å². The monoisotopic (exact) mass is 576 g/mol. The van der Waals surface area contributed by atoms with E-state index in [0.717, 1.165) is 0 Å². The van der Waals surface area contributed by atoms with Crippen molar-refractivity contribution in [2.75, 3.05) is 0 Å². The SMILES string of the molecule is C[Si](C)(C)[N-][Si](C)(C)C.Cc1c([Si](C)(C)[N-]C(C)(C)C)c(C)[c-](C)c1C.[CH3-].[Sm]. The maximum atomic E-state index is 5.13. The summed E-state index contributed by atoms with van der Waals surface area (Å²) in [4.78, 5) is 5.13. The fourth-order valence-corrected chi connectivity index (χ4v) is 16.1. The number of rotatable bonds is 4. The molecule has 0 radical (unpaired) electrons. The fraction of sp³-hybridized carbons (Fsp3) is 0.727. The quantitative estimate of drug-likeness (QED) is 0.260. The van der Waals surface area contributed by atoms with E-state index in [4.69, 9.17) is 9.63 Å². The molecule has 0 unspecified atom stereocenters. The molecule has 0 spiro atoms. The first-order valence-electron chi connectivity index (χ1n) is 9.89. The van der Waals surface area contributed by atoms with Crippen molar-refractivity contribution in [3.05, 3.63) is 39.3 Å². The summed E-state index contributed by atoms with van der Waals surface area (Å²) < 4.78 is 4.82. The first-order chi connectivity index (χ1) is 11.2. The van der Waals surface area contributed by atoms with Crippen molar-refractivity contribution in [3.63, 3.8) is 0 Å². The molecule has 168 valence electrons. The maximum Gasteiger partial charge on any atom is 0 e. The molecule has 0 aliphatic carbocycles. The molecule has 0 saturated heterocycles. The third-order valence-electron chi connectivity index (χ3n) is 4.34. The van der Waals surface area contributed by atoms with Gasteiger partial charge in [0, 0.05) is 40.4 Å². The molecular weight excluding hydrogens is 527 g/mol. The zero-order valence-corrected chi connectivity index (χ0v) is 27.4. The van der Waals surface area contributed by atoms with Gasteiger partial charge in [-0.25, -0.2) is 5.19 Å². The van der Waals surface area contributed by atoms with Gasteiger partial charge in [-0.1, -0.05) is 117 Å². The topological polar surface area (TPSA) is 28.2 Å². The third-order valence-corrected chi connectivity index (χ3v) is 12.9. The van der Waals surface area contributed by atoms with Crippen molar-refractivity contribution in [2.45, 2.75) is 106 Å². The van der Waals surface area contributed by atoms with Crippen molar-refractivity contribution in [1.29, 1.82) is 0 Å². The van der Waals surface area contributed by atoms with Crippen molar-refractivity contribution >= 4 is 29.9 Å². The molecule has 6 heteroatoms. The zero-order valence-electron chi connectivity index (χ0n) is 21.8. The van der Waals surface area contributed by atoms with Gasteiger partial charge in [0.15, 0.2) is 0 Å². The van der Waals surface area contributed by atoms with Crippen molar-refractivity contribution in [2.24, 2.45) is 0 Å². The van der Waals surface area contributed by atoms with Gasteiger partial charge < -0.3 is 17.1 Å². The van der Waals surface area contributed by atoms with E-state index in [0.29, 0.717) is 0 Å². The maximum absolute atomic E-state index is 5.13. The predicted molar refractivity (Wildman–Crippen MR) is 138 cm³/mol. The van der Waals surface area contributed by atoms with Crippen molar-refractivity contribution in [3.8, 4) is 0 Å². The van der Waals surface area contributed by atoms with Gasteiger partial charge >= 0.3 is 0 Å². The molecular formula is C22H48N2Si3Sm-4. The predicted octanol–water partition coefficient (Wildman–Crippen LogP) is 7.70. The Morgan fingerprint density at radius 3 is 1.29 bits per heavy atom. The number of nitrogens with zero attached hydrogens (tertiary/aromatic N) is 2. The average Bonchev–Trinajstić information content (AvgIpc) is 2.46. The van der Waals surface area contributed by atoms with Gasteiger partial charge in [-0.2, -0.15) is 22.3 Å². The van der Waals surface area contributed by atoms with Crippen LogP contribution in [0.25, 0.3) is 9.63 Å². The van der Waals surface area contributed by atoms with Crippen LogP contribution in [-0.4, -0.2) is 30.2 Å². The van der Waals surface area contributed by atoms with E-state index in [-0.39, 0.29) is 53.4 Å². The number of hydrogen-bond donors (Lipinski definition) is 0. The molecule has 28 heavy (non-hydrogen) atoms.